The smallest absolute Gasteiger partial charge is 0.267 e. The van der Waals surface area contributed by atoms with Gasteiger partial charge in [0.2, 0.25) is 0 Å². The lowest BCUT2D eigenvalue weighted by Crippen LogP contribution is -2.27. The van der Waals surface area contributed by atoms with E-state index >= 15 is 0 Å². The Bertz CT molecular complexity index is 794. The van der Waals surface area contributed by atoms with Gasteiger partial charge in [0, 0.05) is 31.9 Å². The molecule has 0 radical (unpaired) electrons. The van der Waals surface area contributed by atoms with Crippen LogP contribution in [0.15, 0.2) is 30.3 Å². The maximum Gasteiger partial charge on any atom is 0.267 e. The number of amides is 1. The minimum absolute atomic E-state index is 0.532. The maximum atomic E-state index is 11.1. The van der Waals surface area contributed by atoms with E-state index in [4.69, 9.17) is 5.21 Å². The Morgan fingerprint density at radius 1 is 1.25 bits per heavy atom. The summed E-state index contributed by atoms with van der Waals surface area (Å²) in [5.41, 5.74) is 7.49. The second-order valence-corrected chi connectivity index (χ2v) is 7.20. The van der Waals surface area contributed by atoms with Crippen LogP contribution in [-0.4, -0.2) is 38.9 Å². The van der Waals surface area contributed by atoms with E-state index in [0.29, 0.717) is 0 Å². The van der Waals surface area contributed by atoms with Crippen LogP contribution < -0.4 is 5.48 Å². The predicted octanol–water partition coefficient (Wildman–Crippen LogP) is 3.40. The Balaban J connectivity index is 2.01. The molecule has 28 heavy (non-hydrogen) atoms. The molecule has 2 rings (SSSR count). The summed E-state index contributed by atoms with van der Waals surface area (Å²) in [5.74, 6) is -0.532. The topological polar surface area (TPSA) is 70.4 Å². The van der Waals surface area contributed by atoms with Crippen molar-refractivity contribution in [3.8, 4) is 0 Å². The first-order valence-corrected chi connectivity index (χ1v) is 9.87. The molecule has 0 fully saturated rings. The normalized spacial score (nSPS) is 11.5. The number of rotatable bonds is 10. The number of hydroxylamine groups is 1. The number of carbonyl (C=O) groups excluding carboxylic acids is 1. The lowest BCUT2D eigenvalue weighted by molar-refractivity contribution is -0.124. The highest BCUT2D eigenvalue weighted by atomic mass is 16.5. The summed E-state index contributed by atoms with van der Waals surface area (Å²) in [6.45, 7) is 9.42. The van der Waals surface area contributed by atoms with Crippen LogP contribution in [0.1, 0.15) is 47.8 Å². The van der Waals surface area contributed by atoms with E-state index in [2.05, 4.69) is 42.9 Å². The third kappa shape index (κ3) is 6.32. The average Bonchev–Trinajstić information content (AvgIpc) is 2.94. The van der Waals surface area contributed by atoms with Crippen LogP contribution in [0.3, 0.4) is 0 Å². The zero-order valence-electron chi connectivity index (χ0n) is 17.4. The second kappa shape index (κ2) is 10.8. The first kappa shape index (κ1) is 21.9. The molecular formula is C22H32N4O2. The summed E-state index contributed by atoms with van der Waals surface area (Å²) >= 11 is 0. The average molecular weight is 385 g/mol. The molecular weight excluding hydrogens is 352 g/mol. The molecule has 0 spiro atoms. The number of nitrogens with one attached hydrogen (secondary N) is 1. The molecule has 1 heterocycles. The van der Waals surface area contributed by atoms with Gasteiger partial charge in [-0.1, -0.05) is 37.6 Å². The van der Waals surface area contributed by atoms with Crippen molar-refractivity contribution in [2.24, 2.45) is 7.05 Å². The molecule has 0 aliphatic heterocycles. The molecule has 1 amide bonds. The molecule has 6 heteroatoms. The van der Waals surface area contributed by atoms with Gasteiger partial charge in [-0.25, -0.2) is 5.48 Å². The highest BCUT2D eigenvalue weighted by Gasteiger charge is 2.12. The van der Waals surface area contributed by atoms with Crippen molar-refractivity contribution >= 4 is 12.0 Å². The van der Waals surface area contributed by atoms with Crippen LogP contribution in [0, 0.1) is 13.8 Å². The van der Waals surface area contributed by atoms with Gasteiger partial charge in [-0.2, -0.15) is 5.10 Å². The molecule has 0 saturated carbocycles. The lowest BCUT2D eigenvalue weighted by Gasteiger charge is -2.22. The fourth-order valence-corrected chi connectivity index (χ4v) is 3.30. The van der Waals surface area contributed by atoms with Crippen LogP contribution in [0.2, 0.25) is 0 Å². The van der Waals surface area contributed by atoms with Gasteiger partial charge in [0.05, 0.1) is 5.69 Å². The monoisotopic (exact) mass is 384 g/mol. The molecule has 2 N–H and O–H groups in total. The number of hydrogen-bond donors (Lipinski definition) is 2. The molecule has 0 aliphatic carbocycles. The molecule has 1 aromatic heterocycles. The minimum atomic E-state index is -0.532. The van der Waals surface area contributed by atoms with Crippen molar-refractivity contribution < 1.29 is 10.0 Å². The van der Waals surface area contributed by atoms with Gasteiger partial charge in [-0.05, 0) is 56.0 Å². The van der Waals surface area contributed by atoms with Gasteiger partial charge >= 0.3 is 0 Å². The zero-order valence-corrected chi connectivity index (χ0v) is 17.4. The van der Waals surface area contributed by atoms with Gasteiger partial charge < -0.3 is 0 Å². The number of aryl methyl sites for hydroxylation is 2. The number of carbonyl (C=O) groups is 1. The molecule has 1 aromatic carbocycles. The predicted molar refractivity (Wildman–Crippen MR) is 112 cm³/mol. The van der Waals surface area contributed by atoms with E-state index in [1.165, 1.54) is 35.7 Å². The highest BCUT2D eigenvalue weighted by Crippen LogP contribution is 2.15. The van der Waals surface area contributed by atoms with E-state index in [-0.39, 0.29) is 0 Å². The van der Waals surface area contributed by atoms with E-state index in [1.807, 2.05) is 23.9 Å². The third-order valence-corrected chi connectivity index (χ3v) is 5.09. The summed E-state index contributed by atoms with van der Waals surface area (Å²) in [6, 6.07) is 8.17. The van der Waals surface area contributed by atoms with Gasteiger partial charge in [-0.3, -0.25) is 19.6 Å². The Morgan fingerprint density at radius 2 is 1.96 bits per heavy atom. The fourth-order valence-electron chi connectivity index (χ4n) is 3.30. The standard InChI is InChI=1S/C22H32N4O2/c1-5-6-14-26(15-13-21-17(2)23-25(4)18(21)3)16-20-9-7-19(8-10-20)11-12-22(27)24-28/h7-12,28H,5-6,13-16H2,1-4H3,(H,24,27)/b12-11+. The summed E-state index contributed by atoms with van der Waals surface area (Å²) in [6.07, 6.45) is 6.35. The molecule has 6 nitrogen and oxygen atoms in total. The van der Waals surface area contributed by atoms with Crippen molar-refractivity contribution in [1.82, 2.24) is 20.2 Å². The first-order valence-electron chi connectivity index (χ1n) is 9.87. The summed E-state index contributed by atoms with van der Waals surface area (Å²) in [5, 5.41) is 13.1. The first-order chi connectivity index (χ1) is 13.4. The molecule has 0 unspecified atom stereocenters. The number of aromatic nitrogens is 2. The van der Waals surface area contributed by atoms with Crippen molar-refractivity contribution in [3.63, 3.8) is 0 Å². The van der Waals surface area contributed by atoms with Crippen LogP contribution >= 0.6 is 0 Å². The van der Waals surface area contributed by atoms with E-state index < -0.39 is 5.91 Å². The van der Waals surface area contributed by atoms with E-state index in [0.717, 1.165) is 37.3 Å². The number of nitrogens with zero attached hydrogens (tertiary/aromatic N) is 3. The highest BCUT2D eigenvalue weighted by molar-refractivity contribution is 5.90. The Kier molecular flexibility index (Phi) is 8.42. The Morgan fingerprint density at radius 3 is 2.54 bits per heavy atom. The van der Waals surface area contributed by atoms with Gasteiger partial charge in [0.25, 0.3) is 5.91 Å². The summed E-state index contributed by atoms with van der Waals surface area (Å²) in [4.78, 5) is 13.6. The van der Waals surface area contributed by atoms with Crippen LogP contribution in [0.25, 0.3) is 6.08 Å². The number of unbranched alkanes of at least 4 members (excludes halogenated alkanes) is 1. The van der Waals surface area contributed by atoms with E-state index in [9.17, 15) is 4.79 Å². The van der Waals surface area contributed by atoms with Gasteiger partial charge in [0.15, 0.2) is 0 Å². The molecule has 152 valence electrons. The van der Waals surface area contributed by atoms with E-state index in [1.54, 1.807) is 11.6 Å². The third-order valence-electron chi connectivity index (χ3n) is 5.09. The SMILES string of the molecule is CCCCN(CCc1c(C)nn(C)c1C)Cc1ccc(/C=C/C(=O)NO)cc1. The quantitative estimate of drug-likeness (QED) is 0.374. The lowest BCUT2D eigenvalue weighted by atomic mass is 10.1. The van der Waals surface area contributed by atoms with Crippen LogP contribution in [0.5, 0.6) is 0 Å². The summed E-state index contributed by atoms with van der Waals surface area (Å²) < 4.78 is 1.96. The number of hydrogen-bond acceptors (Lipinski definition) is 4. The number of benzene rings is 1. The molecule has 0 saturated heterocycles. The fraction of sp³-hybridized carbons (Fsp3) is 0.455. The van der Waals surface area contributed by atoms with Crippen LogP contribution in [-0.2, 0) is 24.8 Å². The van der Waals surface area contributed by atoms with Crippen LogP contribution in [0.4, 0.5) is 0 Å². The largest absolute Gasteiger partial charge is 0.299 e. The van der Waals surface area contributed by atoms with Gasteiger partial charge in [0.1, 0.15) is 0 Å². The zero-order chi connectivity index (χ0) is 20.5. The molecule has 0 bridgehead atoms. The maximum absolute atomic E-state index is 11.1. The van der Waals surface area contributed by atoms with Crippen molar-refractivity contribution in [1.29, 1.82) is 0 Å². The second-order valence-electron chi connectivity index (χ2n) is 7.20. The van der Waals surface area contributed by atoms with Crippen molar-refractivity contribution in [2.45, 2.75) is 46.6 Å². The molecule has 0 aliphatic rings. The minimum Gasteiger partial charge on any atom is -0.299 e. The van der Waals surface area contributed by atoms with Gasteiger partial charge in [-0.15, -0.1) is 0 Å². The van der Waals surface area contributed by atoms with Crippen molar-refractivity contribution in [2.75, 3.05) is 13.1 Å². The molecule has 2 aromatic rings. The molecule has 0 atom stereocenters. The van der Waals surface area contributed by atoms with Crippen molar-refractivity contribution in [3.05, 3.63) is 58.4 Å². The summed E-state index contributed by atoms with van der Waals surface area (Å²) in [7, 11) is 2.00. The Hall–Kier alpha value is -2.44. The Labute approximate surface area is 167 Å².